The van der Waals surface area contributed by atoms with Crippen molar-refractivity contribution in [1.29, 1.82) is 0 Å². The molecule has 3 heterocycles. The standard InChI is InChI=1S/C18H15ClF8N6OS/c1-31(7-3-4-7)15(34)8-5-10(35-13(8)19)9-6-33(30-28-9)14-11(17(22,23)24)12(29-32(14)2)16(20,21)18(25,26)27/h5-7,15,34H,3-4H2,1-2H3. The maximum absolute atomic E-state index is 13.9. The first-order chi connectivity index (χ1) is 16.0. The van der Waals surface area contributed by atoms with Crippen molar-refractivity contribution >= 4 is 22.9 Å². The number of rotatable bonds is 6. The summed E-state index contributed by atoms with van der Waals surface area (Å²) in [4.78, 5) is 1.97. The molecule has 4 rings (SSSR count). The predicted molar refractivity (Wildman–Crippen MR) is 107 cm³/mol. The third-order valence-corrected chi connectivity index (χ3v) is 6.83. The van der Waals surface area contributed by atoms with E-state index in [1.807, 2.05) is 0 Å². The van der Waals surface area contributed by atoms with Crippen molar-refractivity contribution in [2.45, 2.75) is 43.4 Å². The Bertz CT molecular complexity index is 1240. The zero-order chi connectivity index (χ0) is 26.1. The third kappa shape index (κ3) is 4.51. The molecule has 1 fully saturated rings. The molecular formula is C18H15ClF8N6OS. The van der Waals surface area contributed by atoms with Gasteiger partial charge in [-0.25, -0.2) is 9.36 Å². The largest absolute Gasteiger partial charge is 0.459 e. The van der Waals surface area contributed by atoms with Gasteiger partial charge in [0.15, 0.2) is 11.5 Å². The van der Waals surface area contributed by atoms with Gasteiger partial charge in [-0.2, -0.15) is 40.2 Å². The summed E-state index contributed by atoms with van der Waals surface area (Å²) in [5.41, 5.74) is -4.54. The van der Waals surface area contributed by atoms with E-state index in [-0.39, 0.29) is 25.6 Å². The van der Waals surface area contributed by atoms with Crippen LogP contribution in [0.2, 0.25) is 4.34 Å². The van der Waals surface area contributed by atoms with Crippen molar-refractivity contribution in [3.05, 3.63) is 33.4 Å². The zero-order valence-electron chi connectivity index (χ0n) is 17.7. The number of aryl methyl sites for hydroxylation is 1. The first kappa shape index (κ1) is 25.8. The fourth-order valence-corrected chi connectivity index (χ4v) is 4.72. The lowest BCUT2D eigenvalue weighted by atomic mass is 10.1. The molecule has 0 aliphatic heterocycles. The number of halogens is 9. The van der Waals surface area contributed by atoms with E-state index in [2.05, 4.69) is 15.4 Å². The Hall–Kier alpha value is -2.30. The molecule has 35 heavy (non-hydrogen) atoms. The highest BCUT2D eigenvalue weighted by Crippen LogP contribution is 2.49. The molecule has 0 spiro atoms. The number of nitrogens with zero attached hydrogens (tertiary/aromatic N) is 6. The van der Waals surface area contributed by atoms with Crippen LogP contribution < -0.4 is 0 Å². The van der Waals surface area contributed by atoms with Crippen molar-refractivity contribution in [3.8, 4) is 16.4 Å². The van der Waals surface area contributed by atoms with Crippen LogP contribution >= 0.6 is 22.9 Å². The summed E-state index contributed by atoms with van der Waals surface area (Å²) in [6.07, 6.45) is -10.3. The molecule has 0 aromatic carbocycles. The molecule has 1 aliphatic rings. The normalized spacial score (nSPS) is 16.4. The van der Waals surface area contributed by atoms with Crippen LogP contribution in [0, 0.1) is 0 Å². The lowest BCUT2D eigenvalue weighted by Crippen LogP contribution is -2.36. The van der Waals surface area contributed by atoms with Crippen molar-refractivity contribution in [2.75, 3.05) is 7.05 Å². The Balaban J connectivity index is 1.76. The van der Waals surface area contributed by atoms with E-state index in [0.717, 1.165) is 37.4 Å². The maximum Gasteiger partial charge on any atom is 0.459 e. The van der Waals surface area contributed by atoms with E-state index in [1.54, 1.807) is 11.9 Å². The highest BCUT2D eigenvalue weighted by atomic mass is 35.5. The smallest absolute Gasteiger partial charge is 0.374 e. The van der Waals surface area contributed by atoms with Crippen LogP contribution in [0.25, 0.3) is 16.4 Å². The average molecular weight is 551 g/mol. The van der Waals surface area contributed by atoms with Crippen LogP contribution in [-0.4, -0.2) is 54.0 Å². The van der Waals surface area contributed by atoms with E-state index < -0.39 is 41.6 Å². The molecule has 3 aromatic heterocycles. The lowest BCUT2D eigenvalue weighted by Gasteiger charge is -2.22. The van der Waals surface area contributed by atoms with Gasteiger partial charge in [0.05, 0.1) is 11.1 Å². The second-order valence-electron chi connectivity index (χ2n) is 7.90. The Kier molecular flexibility index (Phi) is 6.18. The molecule has 1 aliphatic carbocycles. The molecule has 1 atom stereocenters. The minimum atomic E-state index is -6.31. The molecule has 1 N–H and O–H groups in total. The molecule has 0 radical (unpaired) electrons. The highest BCUT2D eigenvalue weighted by Gasteiger charge is 2.64. The van der Waals surface area contributed by atoms with Crippen LogP contribution in [0.15, 0.2) is 12.3 Å². The monoisotopic (exact) mass is 550 g/mol. The van der Waals surface area contributed by atoms with Gasteiger partial charge in [-0.15, -0.1) is 16.4 Å². The van der Waals surface area contributed by atoms with Gasteiger partial charge in [-0.05, 0) is 26.0 Å². The van der Waals surface area contributed by atoms with E-state index in [9.17, 15) is 40.2 Å². The average Bonchev–Trinajstić information content (AvgIpc) is 3.16. The Labute approximate surface area is 200 Å². The summed E-state index contributed by atoms with van der Waals surface area (Å²) in [6, 6.07) is 1.63. The number of hydrogen-bond acceptors (Lipinski definition) is 6. The number of aliphatic hydroxyl groups is 1. The van der Waals surface area contributed by atoms with Crippen LogP contribution in [0.3, 0.4) is 0 Å². The summed E-state index contributed by atoms with van der Waals surface area (Å²) >= 11 is 7.14. The highest BCUT2D eigenvalue weighted by molar-refractivity contribution is 7.19. The van der Waals surface area contributed by atoms with E-state index in [1.165, 1.54) is 6.07 Å². The SMILES string of the molecule is CN(C1CC1)C(O)c1cc(-c2cn(-c3c(C(F)(F)F)c(C(F)(F)C(F)(F)F)nn3C)nn2)sc1Cl. The number of thiophene rings is 1. The first-order valence-corrected chi connectivity index (χ1v) is 10.9. The third-order valence-electron chi connectivity index (χ3n) is 5.42. The van der Waals surface area contributed by atoms with Crippen LogP contribution in [-0.2, 0) is 19.1 Å². The van der Waals surface area contributed by atoms with Crippen LogP contribution in [0.5, 0.6) is 0 Å². The molecule has 7 nitrogen and oxygen atoms in total. The fourth-order valence-electron chi connectivity index (χ4n) is 3.46. The number of aromatic nitrogens is 5. The van der Waals surface area contributed by atoms with Gasteiger partial charge in [-0.3, -0.25) is 4.90 Å². The predicted octanol–water partition coefficient (Wildman–Crippen LogP) is 5.14. The number of alkyl halides is 8. The zero-order valence-corrected chi connectivity index (χ0v) is 19.2. The molecule has 0 saturated heterocycles. The van der Waals surface area contributed by atoms with E-state index in [0.29, 0.717) is 10.2 Å². The molecule has 192 valence electrons. The summed E-state index contributed by atoms with van der Waals surface area (Å²) in [7, 11) is 2.47. The fraction of sp³-hybridized carbons (Fsp3) is 0.500. The van der Waals surface area contributed by atoms with Gasteiger partial charge >= 0.3 is 18.3 Å². The molecule has 0 amide bonds. The number of hydrogen-bond donors (Lipinski definition) is 1. The molecular weight excluding hydrogens is 536 g/mol. The van der Waals surface area contributed by atoms with Gasteiger partial charge in [-0.1, -0.05) is 16.8 Å². The van der Waals surface area contributed by atoms with Crippen molar-refractivity contribution in [3.63, 3.8) is 0 Å². The van der Waals surface area contributed by atoms with Gasteiger partial charge in [0.25, 0.3) is 0 Å². The van der Waals surface area contributed by atoms with Crippen LogP contribution in [0.4, 0.5) is 35.1 Å². The van der Waals surface area contributed by atoms with Gasteiger partial charge in [0, 0.05) is 18.7 Å². The summed E-state index contributed by atoms with van der Waals surface area (Å²) in [6.45, 7) is 0. The summed E-state index contributed by atoms with van der Waals surface area (Å²) < 4.78 is 108. The minimum Gasteiger partial charge on any atom is -0.374 e. The van der Waals surface area contributed by atoms with Crippen LogP contribution in [0.1, 0.15) is 35.9 Å². The lowest BCUT2D eigenvalue weighted by molar-refractivity contribution is -0.292. The molecule has 1 unspecified atom stereocenters. The van der Waals surface area contributed by atoms with Gasteiger partial charge in [0.2, 0.25) is 0 Å². The molecule has 17 heteroatoms. The molecule has 1 saturated carbocycles. The summed E-state index contributed by atoms with van der Waals surface area (Å²) in [5.74, 6) is -7.07. The quantitative estimate of drug-likeness (QED) is 0.340. The van der Waals surface area contributed by atoms with Crippen molar-refractivity contribution < 1.29 is 40.2 Å². The Morgan fingerprint density at radius 2 is 1.80 bits per heavy atom. The van der Waals surface area contributed by atoms with Gasteiger partial charge < -0.3 is 5.11 Å². The van der Waals surface area contributed by atoms with Crippen molar-refractivity contribution in [2.24, 2.45) is 7.05 Å². The first-order valence-electron chi connectivity index (χ1n) is 9.75. The summed E-state index contributed by atoms with van der Waals surface area (Å²) in [5, 5.41) is 20.6. The topological polar surface area (TPSA) is 72.0 Å². The molecule has 3 aromatic rings. The number of aliphatic hydroxyl groups excluding tert-OH is 1. The van der Waals surface area contributed by atoms with E-state index in [4.69, 9.17) is 11.6 Å². The second-order valence-corrected chi connectivity index (χ2v) is 9.55. The Morgan fingerprint density at radius 3 is 2.34 bits per heavy atom. The Morgan fingerprint density at radius 1 is 1.17 bits per heavy atom. The minimum absolute atomic E-state index is 0.0529. The van der Waals surface area contributed by atoms with E-state index >= 15 is 0 Å². The molecule has 0 bridgehead atoms. The van der Waals surface area contributed by atoms with Crippen molar-refractivity contribution in [1.82, 2.24) is 29.7 Å². The van der Waals surface area contributed by atoms with Gasteiger partial charge in [0.1, 0.15) is 21.8 Å². The maximum atomic E-state index is 13.9. The second kappa shape index (κ2) is 8.38.